The van der Waals surface area contributed by atoms with Crippen LogP contribution in [0.1, 0.15) is 98.8 Å². The van der Waals surface area contributed by atoms with Gasteiger partial charge in [0.15, 0.2) is 5.78 Å². The van der Waals surface area contributed by atoms with Gasteiger partial charge in [-0.05, 0) is 98.4 Å². The molecule has 5 aliphatic rings. The summed E-state index contributed by atoms with van der Waals surface area (Å²) in [6.45, 7) is 12.3. The van der Waals surface area contributed by atoms with Crippen molar-refractivity contribution in [3.8, 4) is 0 Å². The van der Waals surface area contributed by atoms with Crippen molar-refractivity contribution < 1.29 is 9.90 Å². The van der Waals surface area contributed by atoms with Crippen LogP contribution in [0.4, 0.5) is 0 Å². The molecule has 31 heavy (non-hydrogen) atoms. The highest BCUT2D eigenvalue weighted by Gasteiger charge is 2.56. The summed E-state index contributed by atoms with van der Waals surface area (Å²) in [6.07, 6.45) is 13.3. The van der Waals surface area contributed by atoms with Gasteiger partial charge in [0, 0.05) is 11.0 Å². The van der Waals surface area contributed by atoms with Gasteiger partial charge in [-0.3, -0.25) is 4.79 Å². The Balaban J connectivity index is 1.35. The van der Waals surface area contributed by atoms with Crippen LogP contribution >= 0.6 is 0 Å². The number of aliphatic hydroxyl groups excluding tert-OH is 1. The van der Waals surface area contributed by atoms with Gasteiger partial charge < -0.3 is 5.11 Å². The van der Waals surface area contributed by atoms with Crippen LogP contribution in [0.3, 0.4) is 0 Å². The fraction of sp³-hybridized carbons (Fsp3) is 0.828. The molecule has 2 nitrogen and oxygen atoms in total. The molecule has 172 valence electrons. The van der Waals surface area contributed by atoms with Crippen molar-refractivity contribution in [3.05, 3.63) is 22.8 Å². The summed E-state index contributed by atoms with van der Waals surface area (Å²) < 4.78 is 0. The molecular weight excluding hydrogens is 380 g/mol. The first-order valence-electron chi connectivity index (χ1n) is 13.3. The molecule has 0 aromatic heterocycles. The lowest BCUT2D eigenvalue weighted by atomic mass is 9.53. The van der Waals surface area contributed by atoms with Crippen LogP contribution in [0.2, 0.25) is 0 Å². The zero-order valence-corrected chi connectivity index (χ0v) is 20.5. The van der Waals surface area contributed by atoms with Gasteiger partial charge in [-0.15, -0.1) is 0 Å². The molecule has 0 heterocycles. The zero-order valence-electron chi connectivity index (χ0n) is 20.5. The molecule has 9 atom stereocenters. The molecule has 3 fully saturated rings. The van der Waals surface area contributed by atoms with E-state index in [1.165, 1.54) is 55.2 Å². The summed E-state index contributed by atoms with van der Waals surface area (Å²) in [7, 11) is 0. The number of aliphatic hydroxyl groups is 1. The Kier molecular flexibility index (Phi) is 5.36. The lowest BCUT2D eigenvalue weighted by molar-refractivity contribution is -0.113. The molecule has 3 saturated carbocycles. The van der Waals surface area contributed by atoms with E-state index in [1.807, 2.05) is 6.08 Å². The topological polar surface area (TPSA) is 37.3 Å². The fourth-order valence-corrected chi connectivity index (χ4v) is 8.75. The van der Waals surface area contributed by atoms with E-state index in [2.05, 4.69) is 34.6 Å². The third kappa shape index (κ3) is 3.42. The summed E-state index contributed by atoms with van der Waals surface area (Å²) in [5.41, 5.74) is 4.22. The second kappa shape index (κ2) is 7.57. The molecule has 5 aliphatic carbocycles. The minimum absolute atomic E-state index is 0.0316. The van der Waals surface area contributed by atoms with Crippen LogP contribution in [0.25, 0.3) is 0 Å². The Hall–Kier alpha value is -0.890. The Labute approximate surface area is 190 Å². The minimum Gasteiger partial charge on any atom is -0.393 e. The highest BCUT2D eigenvalue weighted by molar-refractivity contribution is 6.07. The number of carbonyl (C=O) groups excluding carboxylic acids is 1. The molecule has 2 heteroatoms. The molecule has 0 amide bonds. The zero-order chi connectivity index (χ0) is 22.1. The Morgan fingerprint density at radius 2 is 1.81 bits per heavy atom. The second-order valence-corrected chi connectivity index (χ2v) is 12.8. The van der Waals surface area contributed by atoms with E-state index in [1.54, 1.807) is 0 Å². The summed E-state index contributed by atoms with van der Waals surface area (Å²) >= 11 is 0. The molecule has 0 unspecified atom stereocenters. The van der Waals surface area contributed by atoms with E-state index in [4.69, 9.17) is 0 Å². The Morgan fingerprint density at radius 1 is 1.10 bits per heavy atom. The molecule has 0 aliphatic heterocycles. The van der Waals surface area contributed by atoms with Crippen LogP contribution in [-0.2, 0) is 4.79 Å². The summed E-state index contributed by atoms with van der Waals surface area (Å²) in [5, 5.41) is 10.2. The maximum Gasteiger partial charge on any atom is 0.182 e. The average molecular weight is 425 g/mol. The minimum atomic E-state index is -0.263. The number of ketones is 1. The van der Waals surface area contributed by atoms with Crippen LogP contribution in [0.15, 0.2) is 22.8 Å². The van der Waals surface area contributed by atoms with Gasteiger partial charge in [0.05, 0.1) is 6.10 Å². The molecule has 0 radical (unpaired) electrons. The van der Waals surface area contributed by atoms with Gasteiger partial charge in [0.1, 0.15) is 0 Å². The predicted molar refractivity (Wildman–Crippen MR) is 126 cm³/mol. The average Bonchev–Trinajstić information content (AvgIpc) is 3.35. The first kappa shape index (κ1) is 21.9. The Bertz CT molecular complexity index is 821. The van der Waals surface area contributed by atoms with E-state index >= 15 is 0 Å². The molecule has 0 bridgehead atoms. The molecule has 0 spiro atoms. The van der Waals surface area contributed by atoms with Gasteiger partial charge in [0.25, 0.3) is 0 Å². The van der Waals surface area contributed by atoms with Crippen LogP contribution in [0.5, 0.6) is 0 Å². The van der Waals surface area contributed by atoms with Crippen molar-refractivity contribution in [2.24, 2.45) is 46.3 Å². The van der Waals surface area contributed by atoms with E-state index in [0.29, 0.717) is 17.8 Å². The van der Waals surface area contributed by atoms with Crippen molar-refractivity contribution in [3.63, 3.8) is 0 Å². The van der Waals surface area contributed by atoms with Crippen molar-refractivity contribution in [2.45, 2.75) is 105 Å². The summed E-state index contributed by atoms with van der Waals surface area (Å²) in [5.74, 6) is 5.09. The summed E-state index contributed by atoms with van der Waals surface area (Å²) in [4.78, 5) is 13.4. The first-order chi connectivity index (χ1) is 14.6. The van der Waals surface area contributed by atoms with Crippen molar-refractivity contribution in [1.29, 1.82) is 0 Å². The maximum atomic E-state index is 13.4. The highest BCUT2D eigenvalue weighted by atomic mass is 16.3. The normalized spacial score (nSPS) is 46.1. The third-order valence-corrected chi connectivity index (χ3v) is 11.0. The molecule has 0 saturated heterocycles. The summed E-state index contributed by atoms with van der Waals surface area (Å²) in [6, 6.07) is 0. The molecule has 1 N–H and O–H groups in total. The Morgan fingerprint density at radius 3 is 2.52 bits per heavy atom. The van der Waals surface area contributed by atoms with Gasteiger partial charge in [-0.2, -0.15) is 0 Å². The van der Waals surface area contributed by atoms with Crippen LogP contribution in [-0.4, -0.2) is 17.0 Å². The molecule has 0 aromatic carbocycles. The highest BCUT2D eigenvalue weighted by Crippen LogP contribution is 2.64. The van der Waals surface area contributed by atoms with E-state index in [-0.39, 0.29) is 17.3 Å². The number of allylic oxidation sites excluding steroid dienone is 3. The van der Waals surface area contributed by atoms with E-state index in [9.17, 15) is 9.90 Å². The second-order valence-electron chi connectivity index (χ2n) is 12.8. The number of hydrogen-bond donors (Lipinski definition) is 1. The van der Waals surface area contributed by atoms with Crippen LogP contribution in [0, 0.1) is 46.3 Å². The standard InChI is InChI=1S/C29H44O2/c1-17(22-14-19(22)3)6-7-18(2)23-8-9-24-27-25(11-13-29(23,24)5)28(4)12-10-21(30)15-20(28)16-26(27)31/h16-19,21-24,30H,6-15H2,1-5H3/t17-,18-,19-,21+,22+,23-,24+,28+,29-/m1/s1. The van der Waals surface area contributed by atoms with Gasteiger partial charge in [0.2, 0.25) is 0 Å². The smallest absolute Gasteiger partial charge is 0.182 e. The number of carbonyl (C=O) groups is 1. The van der Waals surface area contributed by atoms with Crippen molar-refractivity contribution >= 4 is 5.78 Å². The van der Waals surface area contributed by atoms with Crippen molar-refractivity contribution in [1.82, 2.24) is 0 Å². The lowest BCUT2D eigenvalue weighted by Gasteiger charge is -2.51. The van der Waals surface area contributed by atoms with E-state index in [0.717, 1.165) is 48.9 Å². The van der Waals surface area contributed by atoms with Gasteiger partial charge >= 0.3 is 0 Å². The van der Waals surface area contributed by atoms with Crippen LogP contribution < -0.4 is 0 Å². The van der Waals surface area contributed by atoms with Gasteiger partial charge in [-0.25, -0.2) is 0 Å². The van der Waals surface area contributed by atoms with Gasteiger partial charge in [-0.1, -0.05) is 58.6 Å². The monoisotopic (exact) mass is 424 g/mol. The number of hydrogen-bond acceptors (Lipinski definition) is 2. The maximum absolute atomic E-state index is 13.4. The van der Waals surface area contributed by atoms with E-state index < -0.39 is 0 Å². The number of rotatable bonds is 5. The quantitative estimate of drug-likeness (QED) is 0.522. The lowest BCUT2D eigenvalue weighted by Crippen LogP contribution is -2.44. The molecular formula is C29H44O2. The third-order valence-electron chi connectivity index (χ3n) is 11.0. The molecule has 5 rings (SSSR count). The van der Waals surface area contributed by atoms with Crippen molar-refractivity contribution in [2.75, 3.05) is 0 Å². The number of fused-ring (bicyclic) bond motifs is 4. The largest absolute Gasteiger partial charge is 0.393 e. The fourth-order valence-electron chi connectivity index (χ4n) is 8.75. The first-order valence-corrected chi connectivity index (χ1v) is 13.3. The predicted octanol–water partition coefficient (Wildman–Crippen LogP) is 6.88. The molecule has 0 aromatic rings. The SMILES string of the molecule is C[C@H](CC[C@@H](C)[C@H]1CC[C@H]2C3=C(CC[C@]12C)[C@@]1(C)CC[C@H](O)CC1=CC3=O)[C@@H]1C[C@H]1C.